The fourth-order valence-electron chi connectivity index (χ4n) is 2.10. The highest BCUT2D eigenvalue weighted by molar-refractivity contribution is 7.71. The van der Waals surface area contributed by atoms with Gasteiger partial charge in [0.05, 0.1) is 11.2 Å². The molecule has 0 spiro atoms. The lowest BCUT2D eigenvalue weighted by molar-refractivity contribution is 0.871. The zero-order valence-corrected chi connectivity index (χ0v) is 14.5. The molecule has 7 heteroatoms. The van der Waals surface area contributed by atoms with Gasteiger partial charge in [-0.25, -0.2) is 5.10 Å². The number of rotatable bonds is 3. The molecule has 116 valence electrons. The minimum Gasteiger partial charge on any atom is -0.250 e. The maximum absolute atomic E-state index is 6.15. The minimum absolute atomic E-state index is 0.405. The highest BCUT2D eigenvalue weighted by Gasteiger charge is 2.08. The first-order valence-electron chi connectivity index (χ1n) is 6.78. The highest BCUT2D eigenvalue weighted by atomic mass is 35.5. The number of halogens is 2. The van der Waals surface area contributed by atoms with Gasteiger partial charge in [0.2, 0.25) is 4.77 Å². The van der Waals surface area contributed by atoms with E-state index < -0.39 is 0 Å². The third-order valence-electron chi connectivity index (χ3n) is 3.20. The second-order valence-electron chi connectivity index (χ2n) is 4.94. The molecule has 0 amide bonds. The third kappa shape index (κ3) is 3.52. The number of aryl methyl sites for hydroxylation is 1. The molecule has 0 saturated carbocycles. The normalized spacial score (nSPS) is 11.3. The molecule has 0 atom stereocenters. The number of aromatic nitrogens is 3. The molecule has 0 aliphatic rings. The summed E-state index contributed by atoms with van der Waals surface area (Å²) in [6.07, 6.45) is 1.63. The summed E-state index contributed by atoms with van der Waals surface area (Å²) in [5.74, 6) is 0.639. The topological polar surface area (TPSA) is 46.0 Å². The Morgan fingerprint density at radius 3 is 2.78 bits per heavy atom. The van der Waals surface area contributed by atoms with Gasteiger partial charge in [0.15, 0.2) is 5.82 Å². The maximum Gasteiger partial charge on any atom is 0.216 e. The molecule has 23 heavy (non-hydrogen) atoms. The Morgan fingerprint density at radius 1 is 1.22 bits per heavy atom. The molecular formula is C16H12Cl2N4S. The number of nitrogens with one attached hydrogen (secondary N) is 1. The van der Waals surface area contributed by atoms with Crippen LogP contribution in [0.4, 0.5) is 0 Å². The Balaban J connectivity index is 2.02. The number of hydrogen-bond acceptors (Lipinski definition) is 3. The number of aromatic amines is 1. The van der Waals surface area contributed by atoms with Crippen LogP contribution in [0, 0.1) is 11.7 Å². The first kappa shape index (κ1) is 15.9. The van der Waals surface area contributed by atoms with Crippen LogP contribution in [0.5, 0.6) is 0 Å². The summed E-state index contributed by atoms with van der Waals surface area (Å²) < 4.78 is 1.97. The molecule has 3 rings (SSSR count). The highest BCUT2D eigenvalue weighted by Crippen LogP contribution is 2.21. The minimum atomic E-state index is 0.405. The van der Waals surface area contributed by atoms with E-state index in [9.17, 15) is 0 Å². The summed E-state index contributed by atoms with van der Waals surface area (Å²) in [7, 11) is 0. The molecule has 0 saturated heterocycles. The van der Waals surface area contributed by atoms with E-state index in [0.717, 1.165) is 16.7 Å². The Kier molecular flexibility index (Phi) is 4.61. The number of hydrogen-bond donors (Lipinski definition) is 1. The predicted molar refractivity (Wildman–Crippen MR) is 97.0 cm³/mol. The van der Waals surface area contributed by atoms with Crippen LogP contribution in [0.3, 0.4) is 0 Å². The van der Waals surface area contributed by atoms with E-state index >= 15 is 0 Å². The molecule has 1 heterocycles. The van der Waals surface area contributed by atoms with Crippen molar-refractivity contribution in [2.45, 2.75) is 6.92 Å². The van der Waals surface area contributed by atoms with Crippen LogP contribution >= 0.6 is 35.4 Å². The Bertz CT molecular complexity index is 943. The Morgan fingerprint density at radius 2 is 2.04 bits per heavy atom. The fraction of sp³-hybridized carbons (Fsp3) is 0.0625. The smallest absolute Gasteiger partial charge is 0.216 e. The van der Waals surface area contributed by atoms with Crippen molar-refractivity contribution in [2.24, 2.45) is 5.10 Å². The quantitative estimate of drug-likeness (QED) is 0.520. The molecule has 3 aromatic rings. The number of benzene rings is 2. The van der Waals surface area contributed by atoms with Crippen molar-refractivity contribution < 1.29 is 0 Å². The van der Waals surface area contributed by atoms with Crippen molar-refractivity contribution in [1.29, 1.82) is 0 Å². The monoisotopic (exact) mass is 362 g/mol. The average molecular weight is 363 g/mol. The molecule has 0 fully saturated rings. The fourth-order valence-corrected chi connectivity index (χ4v) is 2.73. The first-order valence-corrected chi connectivity index (χ1v) is 7.95. The summed E-state index contributed by atoms with van der Waals surface area (Å²) in [5, 5.41) is 12.5. The maximum atomic E-state index is 6.15. The molecule has 0 unspecified atom stereocenters. The van der Waals surface area contributed by atoms with Crippen molar-refractivity contribution in [3.63, 3.8) is 0 Å². The Hall–Kier alpha value is -1.95. The van der Waals surface area contributed by atoms with Crippen molar-refractivity contribution in [3.8, 4) is 11.4 Å². The SMILES string of the molecule is Cc1cccc(-c2n[nH]c(=S)n2N=Cc2ccc(Cl)cc2Cl)c1. The van der Waals surface area contributed by atoms with Gasteiger partial charge in [-0.1, -0.05) is 53.0 Å². The van der Waals surface area contributed by atoms with E-state index in [4.69, 9.17) is 35.4 Å². The van der Waals surface area contributed by atoms with Crippen molar-refractivity contribution in [2.75, 3.05) is 0 Å². The lowest BCUT2D eigenvalue weighted by Crippen LogP contribution is -1.95. The van der Waals surface area contributed by atoms with Gasteiger partial charge in [-0.3, -0.25) is 0 Å². The van der Waals surface area contributed by atoms with E-state index in [1.807, 2.05) is 31.2 Å². The van der Waals surface area contributed by atoms with Crippen molar-refractivity contribution >= 4 is 41.6 Å². The summed E-state index contributed by atoms with van der Waals surface area (Å²) in [6.45, 7) is 2.02. The van der Waals surface area contributed by atoms with Crippen molar-refractivity contribution in [1.82, 2.24) is 14.9 Å². The summed E-state index contributed by atoms with van der Waals surface area (Å²) in [6, 6.07) is 13.2. The lowest BCUT2D eigenvalue weighted by atomic mass is 10.1. The molecule has 1 aromatic heterocycles. The van der Waals surface area contributed by atoms with Gasteiger partial charge < -0.3 is 0 Å². The average Bonchev–Trinajstić information content (AvgIpc) is 2.87. The van der Waals surface area contributed by atoms with E-state index in [-0.39, 0.29) is 0 Å². The lowest BCUT2D eigenvalue weighted by Gasteiger charge is -2.03. The van der Waals surface area contributed by atoms with E-state index in [0.29, 0.717) is 20.6 Å². The molecule has 0 aliphatic carbocycles. The van der Waals surface area contributed by atoms with Gasteiger partial charge in [-0.05, 0) is 37.3 Å². The van der Waals surface area contributed by atoms with Gasteiger partial charge in [-0.15, -0.1) is 0 Å². The van der Waals surface area contributed by atoms with Crippen LogP contribution in [0.25, 0.3) is 11.4 Å². The standard InChI is InChI=1S/C16H12Cl2N4S/c1-10-3-2-4-11(7-10)15-20-21-16(23)22(15)19-9-12-5-6-13(17)8-14(12)18/h2-9H,1H3,(H,21,23). The van der Waals surface area contributed by atoms with E-state index in [1.165, 1.54) is 0 Å². The second kappa shape index (κ2) is 6.66. The zero-order chi connectivity index (χ0) is 16.4. The summed E-state index contributed by atoms with van der Waals surface area (Å²) in [5.41, 5.74) is 2.80. The van der Waals surface area contributed by atoms with Crippen molar-refractivity contribution in [3.05, 3.63) is 68.4 Å². The van der Waals surface area contributed by atoms with Crippen LogP contribution in [0.15, 0.2) is 47.6 Å². The van der Waals surface area contributed by atoms with Gasteiger partial charge >= 0.3 is 0 Å². The second-order valence-corrected chi connectivity index (χ2v) is 6.17. The predicted octanol–water partition coefficient (Wildman–Crippen LogP) is 5.11. The van der Waals surface area contributed by atoms with Crippen LogP contribution < -0.4 is 0 Å². The molecule has 0 aliphatic heterocycles. The van der Waals surface area contributed by atoms with Gasteiger partial charge in [-0.2, -0.15) is 14.9 Å². The molecule has 0 bridgehead atoms. The van der Waals surface area contributed by atoms with Crippen LogP contribution in [0.2, 0.25) is 10.0 Å². The molecule has 2 aromatic carbocycles. The van der Waals surface area contributed by atoms with E-state index in [1.54, 1.807) is 29.1 Å². The summed E-state index contributed by atoms with van der Waals surface area (Å²) >= 11 is 17.3. The number of nitrogens with zero attached hydrogens (tertiary/aromatic N) is 3. The molecular weight excluding hydrogens is 351 g/mol. The van der Waals surface area contributed by atoms with Gasteiger partial charge in [0.1, 0.15) is 0 Å². The molecule has 1 N–H and O–H groups in total. The van der Waals surface area contributed by atoms with Crippen LogP contribution in [0.1, 0.15) is 11.1 Å². The van der Waals surface area contributed by atoms with Crippen LogP contribution in [-0.4, -0.2) is 21.1 Å². The van der Waals surface area contributed by atoms with Gasteiger partial charge in [0, 0.05) is 16.1 Å². The van der Waals surface area contributed by atoms with Crippen LogP contribution in [-0.2, 0) is 0 Å². The first-order chi connectivity index (χ1) is 11.0. The summed E-state index contributed by atoms with van der Waals surface area (Å²) in [4.78, 5) is 0. The van der Waals surface area contributed by atoms with E-state index in [2.05, 4.69) is 15.3 Å². The Labute approximate surface area is 148 Å². The third-order valence-corrected chi connectivity index (χ3v) is 4.03. The molecule has 0 radical (unpaired) electrons. The number of H-pyrrole nitrogens is 1. The van der Waals surface area contributed by atoms with Gasteiger partial charge in [0.25, 0.3) is 0 Å². The molecule has 4 nitrogen and oxygen atoms in total. The zero-order valence-electron chi connectivity index (χ0n) is 12.1. The largest absolute Gasteiger partial charge is 0.250 e.